The Morgan fingerprint density at radius 3 is 2.55 bits per heavy atom. The molecule has 0 aromatic carbocycles. The summed E-state index contributed by atoms with van der Waals surface area (Å²) in [6.07, 6.45) is 0.250. The maximum Gasteiger partial charge on any atom is 0.307 e. The summed E-state index contributed by atoms with van der Waals surface area (Å²) in [5.41, 5.74) is 5.67. The number of nitrogens with one attached hydrogen (secondary N) is 1. The van der Waals surface area contributed by atoms with E-state index in [0.717, 1.165) is 13.1 Å². The molecule has 8 heteroatoms. The van der Waals surface area contributed by atoms with Crippen molar-refractivity contribution in [2.24, 2.45) is 0 Å². The maximum absolute atomic E-state index is 11.2. The van der Waals surface area contributed by atoms with E-state index in [-0.39, 0.29) is 18.3 Å². The summed E-state index contributed by atoms with van der Waals surface area (Å²) in [6.45, 7) is 8.12. The highest BCUT2D eigenvalue weighted by Crippen LogP contribution is 2.11. The first-order valence-corrected chi connectivity index (χ1v) is 6.76. The molecule has 8 nitrogen and oxygen atoms in total. The molecule has 0 amide bonds. The van der Waals surface area contributed by atoms with Gasteiger partial charge in [0.25, 0.3) is 0 Å². The molecule has 3 N–H and O–H groups in total. The van der Waals surface area contributed by atoms with Gasteiger partial charge in [0, 0.05) is 19.6 Å². The van der Waals surface area contributed by atoms with Crippen molar-refractivity contribution in [2.45, 2.75) is 27.2 Å². The summed E-state index contributed by atoms with van der Waals surface area (Å²) < 4.78 is 4.84. The Labute approximate surface area is 118 Å². The molecule has 1 heterocycles. The van der Waals surface area contributed by atoms with Crippen molar-refractivity contribution < 1.29 is 9.53 Å². The zero-order valence-electron chi connectivity index (χ0n) is 12.2. The predicted molar refractivity (Wildman–Crippen MR) is 77.5 cm³/mol. The lowest BCUT2D eigenvalue weighted by molar-refractivity contribution is -0.142. The Kier molecular flexibility index (Phi) is 6.48. The third-order valence-corrected chi connectivity index (χ3v) is 2.60. The molecule has 112 valence electrons. The van der Waals surface area contributed by atoms with Gasteiger partial charge in [-0.2, -0.15) is 15.0 Å². The Balaban J connectivity index is 2.64. The van der Waals surface area contributed by atoms with E-state index in [1.54, 1.807) is 6.92 Å². The molecule has 1 aromatic rings. The molecule has 0 saturated carbocycles. The standard InChI is InChI=1S/C12H22N6O2/c1-4-18(5-2)12-16-10(13)15-11(17-12)14-8-7-9(19)20-6-3/h4-8H2,1-3H3,(H3,13,14,15,16,17). The molecule has 1 rings (SSSR count). The first-order chi connectivity index (χ1) is 9.60. The third kappa shape index (κ3) is 4.87. The van der Waals surface area contributed by atoms with Gasteiger partial charge in [-0.1, -0.05) is 0 Å². The number of carbonyl (C=O) groups excluding carboxylic acids is 1. The van der Waals surface area contributed by atoms with Gasteiger partial charge in [-0.05, 0) is 20.8 Å². The van der Waals surface area contributed by atoms with Crippen LogP contribution in [0, 0.1) is 0 Å². The van der Waals surface area contributed by atoms with Gasteiger partial charge < -0.3 is 20.7 Å². The first kappa shape index (κ1) is 15.9. The van der Waals surface area contributed by atoms with Crippen LogP contribution >= 0.6 is 0 Å². The van der Waals surface area contributed by atoms with Crippen LogP contribution in [-0.2, 0) is 9.53 Å². The van der Waals surface area contributed by atoms with Gasteiger partial charge in [0.15, 0.2) is 0 Å². The van der Waals surface area contributed by atoms with Crippen molar-refractivity contribution in [3.63, 3.8) is 0 Å². The molecular formula is C12H22N6O2. The number of hydrogen-bond donors (Lipinski definition) is 2. The van der Waals surface area contributed by atoms with Crippen molar-refractivity contribution in [3.8, 4) is 0 Å². The van der Waals surface area contributed by atoms with E-state index in [1.807, 2.05) is 18.7 Å². The van der Waals surface area contributed by atoms with E-state index in [4.69, 9.17) is 10.5 Å². The molecule has 0 bridgehead atoms. The van der Waals surface area contributed by atoms with Crippen molar-refractivity contribution in [3.05, 3.63) is 0 Å². The molecule has 0 radical (unpaired) electrons. The van der Waals surface area contributed by atoms with Crippen LogP contribution in [0.25, 0.3) is 0 Å². The van der Waals surface area contributed by atoms with Crippen LogP contribution in [0.3, 0.4) is 0 Å². The van der Waals surface area contributed by atoms with Crippen LogP contribution in [-0.4, -0.2) is 47.2 Å². The summed E-state index contributed by atoms with van der Waals surface area (Å²) in [5, 5.41) is 2.95. The summed E-state index contributed by atoms with van der Waals surface area (Å²) in [6, 6.07) is 0. The fourth-order valence-electron chi connectivity index (χ4n) is 1.62. The van der Waals surface area contributed by atoms with Crippen molar-refractivity contribution in [2.75, 3.05) is 42.2 Å². The molecule has 0 fully saturated rings. The molecule has 0 spiro atoms. The fourth-order valence-corrected chi connectivity index (χ4v) is 1.62. The fraction of sp³-hybridized carbons (Fsp3) is 0.667. The lowest BCUT2D eigenvalue weighted by atomic mass is 10.4. The van der Waals surface area contributed by atoms with Crippen molar-refractivity contribution in [1.29, 1.82) is 0 Å². The Morgan fingerprint density at radius 2 is 1.95 bits per heavy atom. The highest BCUT2D eigenvalue weighted by molar-refractivity contribution is 5.69. The zero-order valence-corrected chi connectivity index (χ0v) is 12.2. The molecule has 1 aromatic heterocycles. The lowest BCUT2D eigenvalue weighted by Crippen LogP contribution is -2.25. The minimum absolute atomic E-state index is 0.153. The van der Waals surface area contributed by atoms with Gasteiger partial charge in [-0.25, -0.2) is 0 Å². The average Bonchev–Trinajstić information content (AvgIpc) is 2.40. The second kappa shape index (κ2) is 8.13. The summed E-state index contributed by atoms with van der Waals surface area (Å²) in [5.74, 6) is 0.788. The molecule has 0 unspecified atom stereocenters. The third-order valence-electron chi connectivity index (χ3n) is 2.60. The van der Waals surface area contributed by atoms with Crippen LogP contribution in [0.15, 0.2) is 0 Å². The summed E-state index contributed by atoms with van der Waals surface area (Å²) in [7, 11) is 0. The number of nitrogens with zero attached hydrogens (tertiary/aromatic N) is 4. The number of nitrogens with two attached hydrogens (primary N) is 1. The monoisotopic (exact) mass is 282 g/mol. The SMILES string of the molecule is CCOC(=O)CCNc1nc(N)nc(N(CC)CC)n1. The number of rotatable bonds is 8. The summed E-state index contributed by atoms with van der Waals surface area (Å²) >= 11 is 0. The normalized spacial score (nSPS) is 10.2. The second-order valence-corrected chi connectivity index (χ2v) is 3.97. The quantitative estimate of drug-likeness (QED) is 0.670. The van der Waals surface area contributed by atoms with E-state index in [9.17, 15) is 4.79 Å². The van der Waals surface area contributed by atoms with E-state index in [1.165, 1.54) is 0 Å². The van der Waals surface area contributed by atoms with E-state index >= 15 is 0 Å². The highest BCUT2D eigenvalue weighted by atomic mass is 16.5. The van der Waals surface area contributed by atoms with Gasteiger partial charge in [-0.15, -0.1) is 0 Å². The zero-order chi connectivity index (χ0) is 15.0. The molecule has 0 saturated heterocycles. The number of esters is 1. The molecule has 0 aliphatic carbocycles. The Bertz CT molecular complexity index is 436. The van der Waals surface area contributed by atoms with Gasteiger partial charge in [-0.3, -0.25) is 4.79 Å². The smallest absolute Gasteiger partial charge is 0.307 e. The van der Waals surface area contributed by atoms with Crippen LogP contribution in [0.5, 0.6) is 0 Å². The number of hydrogen-bond acceptors (Lipinski definition) is 8. The minimum Gasteiger partial charge on any atom is -0.466 e. The Morgan fingerprint density at radius 1 is 1.25 bits per heavy atom. The number of aromatic nitrogens is 3. The molecule has 20 heavy (non-hydrogen) atoms. The minimum atomic E-state index is -0.258. The molecular weight excluding hydrogens is 260 g/mol. The van der Waals surface area contributed by atoms with Gasteiger partial charge >= 0.3 is 5.97 Å². The number of nitrogen functional groups attached to an aromatic ring is 1. The topological polar surface area (TPSA) is 106 Å². The molecule has 0 aliphatic rings. The highest BCUT2D eigenvalue weighted by Gasteiger charge is 2.10. The number of carbonyl (C=O) groups is 1. The predicted octanol–water partition coefficient (Wildman–Crippen LogP) is 0.665. The van der Waals surface area contributed by atoms with E-state index in [0.29, 0.717) is 25.0 Å². The first-order valence-electron chi connectivity index (χ1n) is 6.76. The van der Waals surface area contributed by atoms with Crippen LogP contribution in [0.1, 0.15) is 27.2 Å². The second-order valence-electron chi connectivity index (χ2n) is 3.97. The summed E-state index contributed by atoms with van der Waals surface area (Å²) in [4.78, 5) is 25.6. The largest absolute Gasteiger partial charge is 0.466 e. The van der Waals surface area contributed by atoms with Gasteiger partial charge in [0.2, 0.25) is 17.8 Å². The lowest BCUT2D eigenvalue weighted by Gasteiger charge is -2.18. The van der Waals surface area contributed by atoms with E-state index in [2.05, 4.69) is 20.3 Å². The van der Waals surface area contributed by atoms with Crippen LogP contribution < -0.4 is 16.0 Å². The number of anilines is 3. The van der Waals surface area contributed by atoms with Crippen LogP contribution in [0.4, 0.5) is 17.8 Å². The maximum atomic E-state index is 11.2. The molecule has 0 atom stereocenters. The van der Waals surface area contributed by atoms with Crippen molar-refractivity contribution >= 4 is 23.8 Å². The number of ether oxygens (including phenoxy) is 1. The van der Waals surface area contributed by atoms with E-state index < -0.39 is 0 Å². The van der Waals surface area contributed by atoms with Gasteiger partial charge in [0.05, 0.1) is 13.0 Å². The Hall–Kier alpha value is -2.12. The molecule has 0 aliphatic heterocycles. The van der Waals surface area contributed by atoms with Gasteiger partial charge in [0.1, 0.15) is 0 Å². The average molecular weight is 282 g/mol. The van der Waals surface area contributed by atoms with Crippen molar-refractivity contribution in [1.82, 2.24) is 15.0 Å². The van der Waals surface area contributed by atoms with Crippen LogP contribution in [0.2, 0.25) is 0 Å².